The second kappa shape index (κ2) is 29.4. The molecular formula is C2H7N3OY4-2. The topological polar surface area (TPSA) is 92.1 Å². The summed E-state index contributed by atoms with van der Waals surface area (Å²) in [5, 5.41) is 10.0. The zero-order valence-corrected chi connectivity index (χ0v) is 16.9. The van der Waals surface area contributed by atoms with E-state index in [1.165, 1.54) is 0 Å². The fourth-order valence-electron chi connectivity index (χ4n) is 0. The number of nitrogens with two attached hydrogens (primary N) is 2. The molecular weight excluding hydrogens is 438 g/mol. The Kier molecular flexibility index (Phi) is 110. The average Bonchev–Trinajstić information content (AvgIpc) is 1.38. The van der Waals surface area contributed by atoms with E-state index in [0.29, 0.717) is 0 Å². The van der Waals surface area contributed by atoms with Crippen LogP contribution in [0.5, 0.6) is 0 Å². The van der Waals surface area contributed by atoms with E-state index in [1.807, 2.05) is 0 Å². The van der Waals surface area contributed by atoms with Gasteiger partial charge in [0.2, 0.25) is 0 Å². The van der Waals surface area contributed by atoms with E-state index in [1.54, 1.807) is 0 Å². The average molecular weight is 445 g/mol. The van der Waals surface area contributed by atoms with Gasteiger partial charge >= 0.3 is 0 Å². The Balaban J connectivity index is -0.00000000800. The second-order valence-corrected chi connectivity index (χ2v) is 0.591. The maximum Gasteiger partial charge on any atom is 0 e. The molecule has 0 bridgehead atoms. The number of amidine groups is 1. The Labute approximate surface area is 162 Å². The van der Waals surface area contributed by atoms with Crippen LogP contribution in [0, 0.1) is 6.92 Å². The number of rotatable bonds is 0. The summed E-state index contributed by atoms with van der Waals surface area (Å²) in [6.07, 6.45) is 0. The van der Waals surface area contributed by atoms with Crippen LogP contribution in [0.25, 0.3) is 6.15 Å². The van der Waals surface area contributed by atoms with Crippen molar-refractivity contribution in [3.05, 3.63) is 13.1 Å². The molecule has 0 atom stereocenters. The van der Waals surface area contributed by atoms with Crippen molar-refractivity contribution in [2.75, 3.05) is 0 Å². The summed E-state index contributed by atoms with van der Waals surface area (Å²) in [7, 11) is 0. The largest absolute Gasteiger partial charge is 0.693 e. The van der Waals surface area contributed by atoms with Crippen molar-refractivity contribution >= 4 is 5.84 Å². The van der Waals surface area contributed by atoms with Crippen LogP contribution < -0.4 is 5.73 Å². The van der Waals surface area contributed by atoms with Crippen molar-refractivity contribution in [1.82, 2.24) is 0 Å². The zero-order chi connectivity index (χ0) is 4.28. The molecule has 0 aliphatic heterocycles. The summed E-state index contributed by atoms with van der Waals surface area (Å²) in [6, 6.07) is 0. The summed E-state index contributed by atoms with van der Waals surface area (Å²) in [5.74, 6) is -0.0648. The Morgan fingerprint density at radius 3 is 1.30 bits per heavy atom. The molecule has 8 heteroatoms. The van der Waals surface area contributed by atoms with E-state index in [9.17, 15) is 0 Å². The van der Waals surface area contributed by atoms with Crippen LogP contribution >= 0.6 is 0 Å². The Bertz CT molecular complexity index is 56.5. The van der Waals surface area contributed by atoms with E-state index < -0.39 is 0 Å². The smallest absolute Gasteiger partial charge is 0 e. The summed E-state index contributed by atoms with van der Waals surface area (Å²) < 4.78 is 0. The number of nitrogens with zero attached hydrogens (tertiary/aromatic N) is 1. The van der Waals surface area contributed by atoms with Gasteiger partial charge in [0.1, 0.15) is 0 Å². The standard InChI is InChI=1S/C2H5N2O.H2N.4Y/c1-2(3)4-5;;;;;/h5H,1H2,(H2,3,4);1H2;;;;/q2*-1;;;;. The third-order valence-corrected chi connectivity index (χ3v) is 0.128. The molecule has 0 aromatic carbocycles. The van der Waals surface area contributed by atoms with Crippen LogP contribution in [0.4, 0.5) is 0 Å². The number of hydrogen-bond donors (Lipinski definition) is 2. The molecule has 5 N–H and O–H groups in total. The summed E-state index contributed by atoms with van der Waals surface area (Å²) in [5.41, 5.74) is 4.68. The maximum absolute atomic E-state index is 7.54. The molecule has 0 rings (SSSR count). The van der Waals surface area contributed by atoms with Crippen molar-refractivity contribution < 1.29 is 136 Å². The molecule has 4 radical (unpaired) electrons. The van der Waals surface area contributed by atoms with E-state index in [4.69, 9.17) is 5.21 Å². The van der Waals surface area contributed by atoms with Gasteiger partial charge in [-0.2, -0.15) is 0 Å². The molecule has 0 unspecified atom stereocenters. The molecule has 0 saturated heterocycles. The molecule has 0 fully saturated rings. The van der Waals surface area contributed by atoms with Gasteiger partial charge in [0.05, 0.1) is 0 Å². The number of hydrogen-bond acceptors (Lipinski definition) is 2. The number of oxime groups is 1. The molecule has 10 heavy (non-hydrogen) atoms. The Hall–Kier alpha value is 3.52. The van der Waals surface area contributed by atoms with Crippen LogP contribution in [0.2, 0.25) is 0 Å². The van der Waals surface area contributed by atoms with Gasteiger partial charge in [-0.3, -0.25) is 0 Å². The monoisotopic (exact) mass is 445 g/mol. The van der Waals surface area contributed by atoms with Gasteiger partial charge in [-0.25, -0.2) is 0 Å². The van der Waals surface area contributed by atoms with Crippen molar-refractivity contribution in [2.45, 2.75) is 0 Å². The van der Waals surface area contributed by atoms with Crippen LogP contribution in [0.15, 0.2) is 5.16 Å². The summed E-state index contributed by atoms with van der Waals surface area (Å²) in [6.45, 7) is 3.03. The first-order valence-corrected chi connectivity index (χ1v) is 1.07. The molecule has 0 aromatic rings. The minimum atomic E-state index is -0.0648. The van der Waals surface area contributed by atoms with E-state index >= 15 is 0 Å². The van der Waals surface area contributed by atoms with Crippen LogP contribution in [0.3, 0.4) is 0 Å². The van der Waals surface area contributed by atoms with E-state index in [-0.39, 0.29) is 143 Å². The fraction of sp³-hybridized carbons (Fsp3) is 0. The third-order valence-electron chi connectivity index (χ3n) is 0.128. The fourth-order valence-corrected chi connectivity index (χ4v) is 0. The maximum atomic E-state index is 7.54. The van der Waals surface area contributed by atoms with Crippen LogP contribution in [-0.2, 0) is 131 Å². The van der Waals surface area contributed by atoms with Crippen molar-refractivity contribution in [2.24, 2.45) is 10.9 Å². The summed E-state index contributed by atoms with van der Waals surface area (Å²) in [4.78, 5) is 0. The van der Waals surface area contributed by atoms with Gasteiger partial charge in [-0.05, 0) is 5.84 Å². The van der Waals surface area contributed by atoms with Crippen LogP contribution in [-0.4, -0.2) is 11.0 Å². The minimum absolute atomic E-state index is 0. The molecule has 0 aliphatic rings. The molecule has 0 spiro atoms. The molecule has 50 valence electrons. The van der Waals surface area contributed by atoms with Gasteiger partial charge in [0.15, 0.2) is 0 Å². The zero-order valence-electron chi connectivity index (χ0n) is 5.57. The van der Waals surface area contributed by atoms with Gasteiger partial charge in [0, 0.05) is 131 Å². The first-order valence-electron chi connectivity index (χ1n) is 1.07. The van der Waals surface area contributed by atoms with Gasteiger partial charge in [-0.15, -0.1) is 5.16 Å². The molecule has 0 heterocycles. The van der Waals surface area contributed by atoms with Crippen molar-refractivity contribution in [1.29, 1.82) is 0 Å². The van der Waals surface area contributed by atoms with Crippen LogP contribution in [0.1, 0.15) is 0 Å². The SMILES string of the molecule is [CH2-]/C(N)=N/O.[NH2-].[Y].[Y].[Y].[Y]. The molecule has 4 nitrogen and oxygen atoms in total. The minimum Gasteiger partial charge on any atom is -0.693 e. The van der Waals surface area contributed by atoms with E-state index in [0.717, 1.165) is 0 Å². The Morgan fingerprint density at radius 2 is 1.30 bits per heavy atom. The molecule has 0 aromatic heterocycles. The second-order valence-electron chi connectivity index (χ2n) is 0.591. The van der Waals surface area contributed by atoms with Gasteiger partial charge < -0.3 is 24.0 Å². The predicted octanol–water partition coefficient (Wildman–Crippen LogP) is 0.274. The predicted molar refractivity (Wildman–Crippen MR) is 24.1 cm³/mol. The quantitative estimate of drug-likeness (QED) is 0.185. The van der Waals surface area contributed by atoms with Crippen molar-refractivity contribution in [3.63, 3.8) is 0 Å². The first-order chi connectivity index (χ1) is 2.27. The van der Waals surface area contributed by atoms with Gasteiger partial charge in [0.25, 0.3) is 0 Å². The first kappa shape index (κ1) is 37.5. The molecule has 0 aliphatic carbocycles. The van der Waals surface area contributed by atoms with Crippen molar-refractivity contribution in [3.8, 4) is 0 Å². The van der Waals surface area contributed by atoms with Gasteiger partial charge in [-0.1, -0.05) is 0 Å². The normalized spacial score (nSPS) is 5.80. The van der Waals surface area contributed by atoms with E-state index in [2.05, 4.69) is 17.8 Å². The summed E-state index contributed by atoms with van der Waals surface area (Å²) >= 11 is 0. The molecule has 0 saturated carbocycles. The Morgan fingerprint density at radius 1 is 1.20 bits per heavy atom. The molecule has 0 amide bonds. The third kappa shape index (κ3) is 41.9.